The molecule has 1 saturated heterocycles. The number of amides is 1. The number of carboxylic acids is 1. The lowest BCUT2D eigenvalue weighted by Gasteiger charge is -2.30. The molecule has 0 bridgehead atoms. The Hall–Kier alpha value is -1.39. The molecule has 27 heavy (non-hydrogen) atoms. The standard InChI is InChI=1S/C22H39NO4/c1-19(24)23-16-14-20(15-17-23)18-21(25)12-10-8-6-4-2-3-5-7-9-11-13-22(26)27/h20H,2-18H2,1H3,(H,26,27). The Kier molecular flexibility index (Phi) is 12.8. The number of carbonyl (C=O) groups excluding carboxylic acids is 2. The Balaban J connectivity index is 1.86. The minimum atomic E-state index is -0.688. The van der Waals surface area contributed by atoms with Crippen LogP contribution in [0.2, 0.25) is 0 Å². The van der Waals surface area contributed by atoms with Crippen LogP contribution in [0, 0.1) is 5.92 Å². The van der Waals surface area contributed by atoms with Crippen molar-refractivity contribution in [3.05, 3.63) is 0 Å². The van der Waals surface area contributed by atoms with E-state index in [2.05, 4.69) is 0 Å². The fourth-order valence-electron chi connectivity index (χ4n) is 3.89. The molecule has 0 spiro atoms. The fourth-order valence-corrected chi connectivity index (χ4v) is 3.89. The number of nitrogens with zero attached hydrogens (tertiary/aromatic N) is 1. The Morgan fingerprint density at radius 2 is 1.22 bits per heavy atom. The third-order valence-corrected chi connectivity index (χ3v) is 5.67. The summed E-state index contributed by atoms with van der Waals surface area (Å²) in [5.74, 6) is 0.339. The summed E-state index contributed by atoms with van der Waals surface area (Å²) in [4.78, 5) is 35.7. The molecule has 0 aromatic heterocycles. The van der Waals surface area contributed by atoms with Gasteiger partial charge in [-0.3, -0.25) is 14.4 Å². The first kappa shape index (κ1) is 23.6. The summed E-state index contributed by atoms with van der Waals surface area (Å²) in [6, 6.07) is 0. The van der Waals surface area contributed by atoms with Gasteiger partial charge in [-0.05, 0) is 31.6 Å². The van der Waals surface area contributed by atoms with Gasteiger partial charge in [0, 0.05) is 39.3 Å². The van der Waals surface area contributed by atoms with E-state index in [4.69, 9.17) is 5.11 Å². The number of unbranched alkanes of at least 4 members (excludes halogenated alkanes) is 9. The van der Waals surface area contributed by atoms with E-state index in [9.17, 15) is 14.4 Å². The van der Waals surface area contributed by atoms with E-state index in [-0.39, 0.29) is 5.91 Å². The summed E-state index contributed by atoms with van der Waals surface area (Å²) in [5, 5.41) is 8.57. The molecule has 5 heteroatoms. The van der Waals surface area contributed by atoms with E-state index >= 15 is 0 Å². The van der Waals surface area contributed by atoms with Gasteiger partial charge in [-0.2, -0.15) is 0 Å². The van der Waals surface area contributed by atoms with Gasteiger partial charge < -0.3 is 10.0 Å². The van der Waals surface area contributed by atoms with Crippen LogP contribution in [-0.2, 0) is 14.4 Å². The molecule has 0 unspecified atom stereocenters. The lowest BCUT2D eigenvalue weighted by molar-refractivity contribution is -0.137. The summed E-state index contributed by atoms with van der Waals surface area (Å²) in [5.41, 5.74) is 0. The highest BCUT2D eigenvalue weighted by molar-refractivity contribution is 5.78. The number of carboxylic acid groups (broad SMARTS) is 1. The van der Waals surface area contributed by atoms with Gasteiger partial charge in [0.25, 0.3) is 0 Å². The molecule has 0 aromatic rings. The molecule has 1 aliphatic heterocycles. The van der Waals surface area contributed by atoms with E-state index in [1.165, 1.54) is 32.1 Å². The summed E-state index contributed by atoms with van der Waals surface area (Å²) in [6.45, 7) is 3.24. The molecule has 1 aliphatic rings. The Morgan fingerprint density at radius 1 is 0.778 bits per heavy atom. The van der Waals surface area contributed by atoms with E-state index in [0.29, 0.717) is 24.5 Å². The zero-order valence-corrected chi connectivity index (χ0v) is 17.2. The van der Waals surface area contributed by atoms with Crippen molar-refractivity contribution in [2.75, 3.05) is 13.1 Å². The monoisotopic (exact) mass is 381 g/mol. The minimum absolute atomic E-state index is 0.151. The molecule has 0 aromatic carbocycles. The van der Waals surface area contributed by atoms with Crippen molar-refractivity contribution in [1.82, 2.24) is 4.90 Å². The number of hydrogen-bond acceptors (Lipinski definition) is 3. The molecule has 1 heterocycles. The fraction of sp³-hybridized carbons (Fsp3) is 0.864. The molecular formula is C22H39NO4. The van der Waals surface area contributed by atoms with Gasteiger partial charge in [0.15, 0.2) is 0 Å². The number of piperidine rings is 1. The Morgan fingerprint density at radius 3 is 1.67 bits per heavy atom. The van der Waals surface area contributed by atoms with Gasteiger partial charge >= 0.3 is 5.97 Å². The van der Waals surface area contributed by atoms with Crippen LogP contribution >= 0.6 is 0 Å². The first-order valence-electron chi connectivity index (χ1n) is 11.0. The van der Waals surface area contributed by atoms with Crippen molar-refractivity contribution < 1.29 is 19.5 Å². The van der Waals surface area contributed by atoms with Crippen LogP contribution in [0.15, 0.2) is 0 Å². The minimum Gasteiger partial charge on any atom is -0.481 e. The molecule has 5 nitrogen and oxygen atoms in total. The first-order valence-corrected chi connectivity index (χ1v) is 11.0. The second-order valence-corrected chi connectivity index (χ2v) is 8.12. The highest BCUT2D eigenvalue weighted by Gasteiger charge is 2.22. The van der Waals surface area contributed by atoms with Crippen LogP contribution < -0.4 is 0 Å². The normalized spacial score (nSPS) is 15.1. The number of aliphatic carboxylic acids is 1. The molecule has 0 aliphatic carbocycles. The average molecular weight is 382 g/mol. The molecular weight excluding hydrogens is 342 g/mol. The van der Waals surface area contributed by atoms with Crippen LogP contribution in [0.4, 0.5) is 0 Å². The summed E-state index contributed by atoms with van der Waals surface area (Å²) in [7, 11) is 0. The zero-order chi connectivity index (χ0) is 19.9. The number of Topliss-reactive ketones (excluding diaryl/α,β-unsaturated/α-hetero) is 1. The van der Waals surface area contributed by atoms with Crippen molar-refractivity contribution in [3.63, 3.8) is 0 Å². The van der Waals surface area contributed by atoms with Crippen LogP contribution in [-0.4, -0.2) is 40.8 Å². The average Bonchev–Trinajstić information content (AvgIpc) is 2.62. The predicted molar refractivity (Wildman–Crippen MR) is 108 cm³/mol. The maximum atomic E-state index is 12.1. The molecule has 1 fully saturated rings. The van der Waals surface area contributed by atoms with Crippen LogP contribution in [0.5, 0.6) is 0 Å². The lowest BCUT2D eigenvalue weighted by atomic mass is 9.90. The van der Waals surface area contributed by atoms with Crippen molar-refractivity contribution >= 4 is 17.7 Å². The molecule has 1 amide bonds. The SMILES string of the molecule is CC(=O)N1CCC(CC(=O)CCCCCCCCCCCCC(=O)O)CC1. The molecule has 1 rings (SSSR count). The summed E-state index contributed by atoms with van der Waals surface area (Å²) >= 11 is 0. The number of carbonyl (C=O) groups is 3. The number of rotatable bonds is 15. The molecule has 0 atom stereocenters. The van der Waals surface area contributed by atoms with Crippen molar-refractivity contribution in [1.29, 1.82) is 0 Å². The van der Waals surface area contributed by atoms with Gasteiger partial charge in [-0.15, -0.1) is 0 Å². The van der Waals surface area contributed by atoms with Gasteiger partial charge in [-0.1, -0.05) is 51.4 Å². The maximum Gasteiger partial charge on any atom is 0.303 e. The largest absolute Gasteiger partial charge is 0.481 e. The summed E-state index contributed by atoms with van der Waals surface area (Å²) < 4.78 is 0. The first-order chi connectivity index (χ1) is 13.0. The number of ketones is 1. The van der Waals surface area contributed by atoms with Gasteiger partial charge in [-0.25, -0.2) is 0 Å². The number of hydrogen-bond donors (Lipinski definition) is 1. The molecule has 0 radical (unpaired) electrons. The zero-order valence-electron chi connectivity index (χ0n) is 17.2. The van der Waals surface area contributed by atoms with E-state index in [1.54, 1.807) is 6.92 Å². The van der Waals surface area contributed by atoms with E-state index < -0.39 is 5.97 Å². The number of likely N-dealkylation sites (tertiary alicyclic amines) is 1. The quantitative estimate of drug-likeness (QED) is 0.406. The smallest absolute Gasteiger partial charge is 0.303 e. The summed E-state index contributed by atoms with van der Waals surface area (Å²) in [6.07, 6.45) is 15.0. The van der Waals surface area contributed by atoms with Crippen molar-refractivity contribution in [2.45, 2.75) is 103 Å². The van der Waals surface area contributed by atoms with Gasteiger partial charge in [0.1, 0.15) is 5.78 Å². The second kappa shape index (κ2) is 14.6. The topological polar surface area (TPSA) is 74.7 Å². The Bertz CT molecular complexity index is 442. The maximum absolute atomic E-state index is 12.1. The highest BCUT2D eigenvalue weighted by Crippen LogP contribution is 2.22. The lowest BCUT2D eigenvalue weighted by Crippen LogP contribution is -2.37. The molecule has 0 saturated carbocycles. The third kappa shape index (κ3) is 12.6. The second-order valence-electron chi connectivity index (χ2n) is 8.12. The van der Waals surface area contributed by atoms with Crippen molar-refractivity contribution in [3.8, 4) is 0 Å². The van der Waals surface area contributed by atoms with E-state index in [0.717, 1.165) is 64.5 Å². The van der Waals surface area contributed by atoms with Crippen LogP contribution in [0.3, 0.4) is 0 Å². The van der Waals surface area contributed by atoms with Crippen molar-refractivity contribution in [2.24, 2.45) is 5.92 Å². The predicted octanol–water partition coefficient (Wildman–Crippen LogP) is 4.97. The third-order valence-electron chi connectivity index (χ3n) is 5.67. The van der Waals surface area contributed by atoms with Crippen LogP contribution in [0.1, 0.15) is 103 Å². The molecule has 1 N–H and O–H groups in total. The van der Waals surface area contributed by atoms with E-state index in [1.807, 2.05) is 4.90 Å². The van der Waals surface area contributed by atoms with Gasteiger partial charge in [0.05, 0.1) is 0 Å². The van der Waals surface area contributed by atoms with Crippen LogP contribution in [0.25, 0.3) is 0 Å². The van der Waals surface area contributed by atoms with Gasteiger partial charge in [0.2, 0.25) is 5.91 Å². The Labute approximate surface area is 164 Å². The highest BCUT2D eigenvalue weighted by atomic mass is 16.4. The molecule has 156 valence electrons.